The molecule has 2 saturated carbocycles. The molecule has 0 N–H and O–H groups in total. The van der Waals surface area contributed by atoms with Gasteiger partial charge in [0.15, 0.2) is 0 Å². The van der Waals surface area contributed by atoms with E-state index in [1.165, 1.54) is 32.1 Å². The molecule has 0 bridgehead atoms. The van der Waals surface area contributed by atoms with Crippen molar-refractivity contribution < 1.29 is 8.42 Å². The van der Waals surface area contributed by atoms with Gasteiger partial charge in [-0.3, -0.25) is 0 Å². The van der Waals surface area contributed by atoms with Gasteiger partial charge in [0.1, 0.15) is 12.2 Å². The van der Waals surface area contributed by atoms with Crippen LogP contribution < -0.4 is 0 Å². The van der Waals surface area contributed by atoms with Gasteiger partial charge in [0.2, 0.25) is 10.0 Å². The lowest BCUT2D eigenvalue weighted by molar-refractivity contribution is 0.176. The van der Waals surface area contributed by atoms with Crippen LogP contribution in [0.15, 0.2) is 6.33 Å². The first kappa shape index (κ1) is 17.5. The molecule has 140 valence electrons. The molecule has 2 aliphatic carbocycles. The molecule has 4 rings (SSSR count). The Morgan fingerprint density at radius 1 is 1.24 bits per heavy atom. The Morgan fingerprint density at radius 3 is 2.60 bits per heavy atom. The normalized spacial score (nSPS) is 27.4. The van der Waals surface area contributed by atoms with Crippen molar-refractivity contribution in [2.75, 3.05) is 13.1 Å². The van der Waals surface area contributed by atoms with Crippen LogP contribution in [0, 0.1) is 11.3 Å². The predicted molar refractivity (Wildman–Crippen MR) is 96.6 cm³/mol. The van der Waals surface area contributed by atoms with Crippen molar-refractivity contribution in [3.8, 4) is 0 Å². The van der Waals surface area contributed by atoms with Crippen molar-refractivity contribution in [2.24, 2.45) is 11.3 Å². The number of sulfonamides is 1. The number of rotatable bonds is 5. The van der Waals surface area contributed by atoms with Crippen molar-refractivity contribution in [1.82, 2.24) is 19.1 Å². The number of nitrogens with zero attached hydrogens (tertiary/aromatic N) is 4. The summed E-state index contributed by atoms with van der Waals surface area (Å²) in [4.78, 5) is 0. The van der Waals surface area contributed by atoms with Gasteiger partial charge in [0.25, 0.3) is 0 Å². The fourth-order valence-electron chi connectivity index (χ4n) is 4.79. The molecule has 7 heteroatoms. The second-order valence-corrected chi connectivity index (χ2v) is 11.1. The Hall–Kier alpha value is -0.950. The Morgan fingerprint density at radius 2 is 1.96 bits per heavy atom. The summed E-state index contributed by atoms with van der Waals surface area (Å²) in [6, 6.07) is 0. The zero-order valence-electron chi connectivity index (χ0n) is 15.4. The quantitative estimate of drug-likeness (QED) is 0.803. The van der Waals surface area contributed by atoms with E-state index in [4.69, 9.17) is 0 Å². The molecule has 3 fully saturated rings. The van der Waals surface area contributed by atoms with Crippen molar-refractivity contribution >= 4 is 10.0 Å². The molecular weight excluding hydrogens is 336 g/mol. The standard InChI is InChI=1S/C18H30N4O2S/c1-14(2)25(23,24)22-11-16(18(12-22)8-4-3-5-9-18)17-20-19-13-21(17)10-15-6-7-15/h13-16H,3-12H2,1-2H3. The highest BCUT2D eigenvalue weighted by atomic mass is 32.2. The summed E-state index contributed by atoms with van der Waals surface area (Å²) in [7, 11) is -3.22. The van der Waals surface area contributed by atoms with Crippen LogP contribution in [0.2, 0.25) is 0 Å². The molecular formula is C18H30N4O2S. The van der Waals surface area contributed by atoms with Crippen molar-refractivity contribution in [3.63, 3.8) is 0 Å². The molecule has 1 unspecified atom stereocenters. The summed E-state index contributed by atoms with van der Waals surface area (Å²) in [6.45, 7) is 5.79. The largest absolute Gasteiger partial charge is 0.317 e. The minimum absolute atomic E-state index is 0.0501. The molecule has 0 amide bonds. The maximum atomic E-state index is 12.8. The van der Waals surface area contributed by atoms with Crippen LogP contribution in [0.3, 0.4) is 0 Å². The van der Waals surface area contributed by atoms with E-state index >= 15 is 0 Å². The minimum Gasteiger partial charge on any atom is -0.317 e. The van der Waals surface area contributed by atoms with E-state index in [-0.39, 0.29) is 16.6 Å². The SMILES string of the molecule is CC(C)S(=O)(=O)N1CC(c2nncn2CC2CC2)C2(CCCCC2)C1. The maximum absolute atomic E-state index is 12.8. The summed E-state index contributed by atoms with van der Waals surface area (Å²) in [5.74, 6) is 1.96. The third-order valence-corrected chi connectivity index (χ3v) is 8.72. The summed E-state index contributed by atoms with van der Waals surface area (Å²) in [5.41, 5.74) is 0.0501. The molecule has 25 heavy (non-hydrogen) atoms. The summed E-state index contributed by atoms with van der Waals surface area (Å²) < 4.78 is 29.6. The third-order valence-electron chi connectivity index (χ3n) is 6.53. The van der Waals surface area contributed by atoms with Crippen LogP contribution in [-0.4, -0.2) is 45.8 Å². The lowest BCUT2D eigenvalue weighted by Crippen LogP contribution is -2.37. The molecule has 0 radical (unpaired) electrons. The first-order valence-corrected chi connectivity index (χ1v) is 11.3. The number of hydrogen-bond acceptors (Lipinski definition) is 4. The summed E-state index contributed by atoms with van der Waals surface area (Å²) in [6.07, 6.45) is 10.3. The smallest absolute Gasteiger partial charge is 0.216 e. The van der Waals surface area contributed by atoms with Crippen molar-refractivity contribution in [3.05, 3.63) is 12.2 Å². The van der Waals surface area contributed by atoms with Gasteiger partial charge in [-0.2, -0.15) is 0 Å². The van der Waals surface area contributed by atoms with Crippen LogP contribution in [0.5, 0.6) is 0 Å². The minimum atomic E-state index is -3.22. The molecule has 1 spiro atoms. The van der Waals surface area contributed by atoms with E-state index in [1.807, 2.05) is 6.33 Å². The van der Waals surface area contributed by atoms with Crippen LogP contribution in [-0.2, 0) is 16.6 Å². The van der Waals surface area contributed by atoms with Gasteiger partial charge in [0, 0.05) is 25.6 Å². The summed E-state index contributed by atoms with van der Waals surface area (Å²) >= 11 is 0. The Labute approximate surface area is 151 Å². The van der Waals surface area contributed by atoms with E-state index in [2.05, 4.69) is 14.8 Å². The zero-order chi connectivity index (χ0) is 17.7. The molecule has 1 atom stereocenters. The maximum Gasteiger partial charge on any atom is 0.216 e. The predicted octanol–water partition coefficient (Wildman–Crippen LogP) is 2.78. The van der Waals surface area contributed by atoms with Gasteiger partial charge < -0.3 is 4.57 Å². The highest BCUT2D eigenvalue weighted by molar-refractivity contribution is 7.89. The van der Waals surface area contributed by atoms with Crippen LogP contribution in [0.25, 0.3) is 0 Å². The molecule has 2 heterocycles. The average molecular weight is 367 g/mol. The van der Waals surface area contributed by atoms with Gasteiger partial charge in [-0.25, -0.2) is 12.7 Å². The van der Waals surface area contributed by atoms with Gasteiger partial charge >= 0.3 is 0 Å². The molecule has 1 aromatic rings. The van der Waals surface area contributed by atoms with Gasteiger partial charge in [-0.05, 0) is 50.9 Å². The highest BCUT2D eigenvalue weighted by Gasteiger charge is 2.52. The Kier molecular flexibility index (Phi) is 4.43. The van der Waals surface area contributed by atoms with E-state index in [0.717, 1.165) is 31.1 Å². The topological polar surface area (TPSA) is 68.1 Å². The van der Waals surface area contributed by atoms with Gasteiger partial charge in [0.05, 0.1) is 5.25 Å². The molecule has 3 aliphatic rings. The number of hydrogen-bond donors (Lipinski definition) is 0. The van der Waals surface area contributed by atoms with Crippen molar-refractivity contribution in [1.29, 1.82) is 0 Å². The van der Waals surface area contributed by atoms with Crippen LogP contribution in [0.4, 0.5) is 0 Å². The average Bonchev–Trinajstić information content (AvgIpc) is 3.16. The lowest BCUT2D eigenvalue weighted by atomic mass is 9.67. The molecule has 1 aromatic heterocycles. The monoisotopic (exact) mass is 366 g/mol. The van der Waals surface area contributed by atoms with E-state index in [0.29, 0.717) is 13.1 Å². The van der Waals surface area contributed by atoms with E-state index in [1.54, 1.807) is 18.2 Å². The molecule has 0 aromatic carbocycles. The van der Waals surface area contributed by atoms with E-state index < -0.39 is 10.0 Å². The van der Waals surface area contributed by atoms with Crippen LogP contribution >= 0.6 is 0 Å². The lowest BCUT2D eigenvalue weighted by Gasteiger charge is -2.37. The summed E-state index contributed by atoms with van der Waals surface area (Å²) in [5, 5.41) is 8.31. The van der Waals surface area contributed by atoms with Gasteiger partial charge in [-0.1, -0.05) is 19.3 Å². The highest BCUT2D eigenvalue weighted by Crippen LogP contribution is 2.52. The van der Waals surface area contributed by atoms with Gasteiger partial charge in [-0.15, -0.1) is 10.2 Å². The first-order chi connectivity index (χ1) is 11.9. The fraction of sp³-hybridized carbons (Fsp3) is 0.889. The molecule has 6 nitrogen and oxygen atoms in total. The second kappa shape index (κ2) is 6.34. The molecule has 1 saturated heterocycles. The first-order valence-electron chi connectivity index (χ1n) is 9.79. The third kappa shape index (κ3) is 3.14. The van der Waals surface area contributed by atoms with E-state index in [9.17, 15) is 8.42 Å². The molecule has 1 aliphatic heterocycles. The van der Waals surface area contributed by atoms with Crippen LogP contribution in [0.1, 0.15) is 70.5 Å². The zero-order valence-corrected chi connectivity index (χ0v) is 16.2. The second-order valence-electron chi connectivity index (χ2n) is 8.65. The van der Waals surface area contributed by atoms with Crippen molar-refractivity contribution in [2.45, 2.75) is 76.5 Å². The Balaban J connectivity index is 1.67. The fourth-order valence-corrected chi connectivity index (χ4v) is 6.18. The number of aromatic nitrogens is 3. The Bertz CT molecular complexity index is 717.